The summed E-state index contributed by atoms with van der Waals surface area (Å²) in [4.78, 5) is 0. The Balaban J connectivity index is 0.845. The zero-order chi connectivity index (χ0) is 39.5. The van der Waals surface area contributed by atoms with Crippen molar-refractivity contribution in [3.8, 4) is 23.0 Å². The van der Waals surface area contributed by atoms with Crippen molar-refractivity contribution >= 4 is 0 Å². The molecule has 57 heavy (non-hydrogen) atoms. The molecular formula is C49H50O8. The smallest absolute Gasteiger partial charge is 0.164 e. The molecule has 0 spiro atoms. The van der Waals surface area contributed by atoms with Crippen LogP contribution in [0.5, 0.6) is 23.0 Å². The molecule has 0 aromatic heterocycles. The van der Waals surface area contributed by atoms with Gasteiger partial charge in [-0.15, -0.1) is 0 Å². The quantitative estimate of drug-likeness (QED) is 0.0898. The minimum Gasteiger partial charge on any atom is -0.491 e. The molecule has 1 heterocycles. The van der Waals surface area contributed by atoms with Gasteiger partial charge in [-0.05, 0) is 109 Å². The molecule has 8 nitrogen and oxygen atoms in total. The Morgan fingerprint density at radius 3 is 1.04 bits per heavy atom. The molecule has 0 unspecified atom stereocenters. The van der Waals surface area contributed by atoms with E-state index in [0.29, 0.717) is 24.7 Å². The zero-order valence-electron chi connectivity index (χ0n) is 32.4. The van der Waals surface area contributed by atoms with Crippen LogP contribution in [0.1, 0.15) is 47.2 Å². The summed E-state index contributed by atoms with van der Waals surface area (Å²) in [5, 5.41) is 22.3. The predicted molar refractivity (Wildman–Crippen MR) is 220 cm³/mol. The van der Waals surface area contributed by atoms with Crippen LogP contribution >= 0.6 is 0 Å². The summed E-state index contributed by atoms with van der Waals surface area (Å²) < 4.78 is 35.8. The Bertz CT molecular complexity index is 1930. The minimum atomic E-state index is -1.06. The molecule has 1 aliphatic rings. The van der Waals surface area contributed by atoms with Crippen molar-refractivity contribution < 1.29 is 38.6 Å². The van der Waals surface area contributed by atoms with E-state index >= 15 is 0 Å². The van der Waals surface area contributed by atoms with Crippen LogP contribution in [0.15, 0.2) is 158 Å². The van der Waals surface area contributed by atoms with Gasteiger partial charge in [0.1, 0.15) is 73.8 Å². The molecule has 0 radical (unpaired) electrons. The summed E-state index contributed by atoms with van der Waals surface area (Å²) in [6, 6.07) is 52.1. The van der Waals surface area contributed by atoms with Crippen LogP contribution in [0.2, 0.25) is 0 Å². The molecule has 0 bridgehead atoms. The van der Waals surface area contributed by atoms with Crippen molar-refractivity contribution in [2.45, 2.75) is 70.1 Å². The van der Waals surface area contributed by atoms with Crippen LogP contribution in [-0.2, 0) is 35.5 Å². The van der Waals surface area contributed by atoms with Gasteiger partial charge in [0, 0.05) is 0 Å². The fourth-order valence-electron chi connectivity index (χ4n) is 6.73. The van der Waals surface area contributed by atoms with Gasteiger partial charge in [0.2, 0.25) is 0 Å². The molecule has 1 aliphatic heterocycles. The lowest BCUT2D eigenvalue weighted by atomic mass is 10.0. The molecule has 1 saturated heterocycles. The van der Waals surface area contributed by atoms with E-state index in [-0.39, 0.29) is 13.2 Å². The van der Waals surface area contributed by atoms with Crippen LogP contribution in [0.4, 0.5) is 0 Å². The zero-order valence-corrected chi connectivity index (χ0v) is 32.4. The van der Waals surface area contributed by atoms with E-state index in [1.54, 1.807) is 13.8 Å². The van der Waals surface area contributed by atoms with E-state index < -0.39 is 30.2 Å². The van der Waals surface area contributed by atoms with E-state index in [2.05, 4.69) is 24.3 Å². The molecule has 294 valence electrons. The van der Waals surface area contributed by atoms with Gasteiger partial charge >= 0.3 is 0 Å². The van der Waals surface area contributed by atoms with Crippen molar-refractivity contribution in [1.29, 1.82) is 0 Å². The maximum atomic E-state index is 11.2. The fourth-order valence-corrected chi connectivity index (χ4v) is 6.73. The maximum absolute atomic E-state index is 11.2. The third kappa shape index (κ3) is 11.7. The van der Waals surface area contributed by atoms with Crippen LogP contribution in [-0.4, -0.2) is 53.6 Å². The number of ether oxygens (including phenoxy) is 6. The van der Waals surface area contributed by atoms with Crippen molar-refractivity contribution in [3.63, 3.8) is 0 Å². The number of rotatable bonds is 18. The molecule has 6 aromatic rings. The van der Waals surface area contributed by atoms with Crippen LogP contribution in [0.3, 0.4) is 0 Å². The first-order chi connectivity index (χ1) is 27.7. The van der Waals surface area contributed by atoms with Gasteiger partial charge in [0.25, 0.3) is 0 Å². The van der Waals surface area contributed by atoms with Gasteiger partial charge in [0.05, 0.1) is 0 Å². The van der Waals surface area contributed by atoms with E-state index in [0.717, 1.165) is 46.6 Å². The van der Waals surface area contributed by atoms with E-state index in [9.17, 15) is 10.2 Å². The standard InChI is InChI=1S/C49H50O8/c1-49(2)56-47(45(50)33-54-43-25-17-37(18-26-43)29-35-13-21-41(22-14-35)52-31-39-9-5-3-6-10-39)48(57-49)46(51)34-55-44-27-19-38(20-28-44)30-36-15-23-42(24-16-36)53-32-40-11-7-4-8-12-40/h3-28,45-48,50-51H,29-34H2,1-2H3/t45-,46-,47-,48-/m1/s1. The van der Waals surface area contributed by atoms with Gasteiger partial charge < -0.3 is 38.6 Å². The maximum Gasteiger partial charge on any atom is 0.164 e. The monoisotopic (exact) mass is 766 g/mol. The highest BCUT2D eigenvalue weighted by Gasteiger charge is 2.48. The Morgan fingerprint density at radius 2 is 0.719 bits per heavy atom. The molecule has 7 rings (SSSR count). The van der Waals surface area contributed by atoms with E-state index in [1.807, 2.05) is 133 Å². The topological polar surface area (TPSA) is 95.8 Å². The Kier molecular flexibility index (Phi) is 13.2. The lowest BCUT2D eigenvalue weighted by molar-refractivity contribution is -0.162. The number of hydrogen-bond acceptors (Lipinski definition) is 8. The molecule has 0 amide bonds. The molecule has 1 fully saturated rings. The Morgan fingerprint density at radius 1 is 0.421 bits per heavy atom. The van der Waals surface area contributed by atoms with Gasteiger partial charge in [-0.2, -0.15) is 0 Å². The average molecular weight is 767 g/mol. The third-order valence-corrected chi connectivity index (χ3v) is 9.77. The first-order valence-corrected chi connectivity index (χ1v) is 19.4. The van der Waals surface area contributed by atoms with Crippen molar-refractivity contribution in [2.24, 2.45) is 0 Å². The van der Waals surface area contributed by atoms with E-state index in [1.165, 1.54) is 11.1 Å². The number of benzene rings is 6. The summed E-state index contributed by atoms with van der Waals surface area (Å²) in [6.45, 7) is 4.50. The fraction of sp³-hybridized carbons (Fsp3) is 0.265. The summed E-state index contributed by atoms with van der Waals surface area (Å²) in [5.74, 6) is 1.90. The molecule has 4 atom stereocenters. The minimum absolute atomic E-state index is 0.0388. The highest BCUT2D eigenvalue weighted by Crippen LogP contribution is 2.33. The molecule has 8 heteroatoms. The van der Waals surface area contributed by atoms with Gasteiger partial charge in [0.15, 0.2) is 5.79 Å². The largest absolute Gasteiger partial charge is 0.491 e. The summed E-state index contributed by atoms with van der Waals surface area (Å²) in [5.41, 5.74) is 6.85. The molecule has 0 aliphatic carbocycles. The lowest BCUT2D eigenvalue weighted by Crippen LogP contribution is -2.46. The van der Waals surface area contributed by atoms with Crippen LogP contribution in [0, 0.1) is 0 Å². The highest BCUT2D eigenvalue weighted by atomic mass is 16.8. The number of aliphatic hydroxyl groups excluding tert-OH is 2. The average Bonchev–Trinajstić information content (AvgIpc) is 3.58. The highest BCUT2D eigenvalue weighted by molar-refractivity contribution is 5.36. The van der Waals surface area contributed by atoms with Crippen LogP contribution in [0.25, 0.3) is 0 Å². The lowest BCUT2D eigenvalue weighted by Gasteiger charge is -2.26. The summed E-state index contributed by atoms with van der Waals surface area (Å²) in [6.07, 6.45) is -2.24. The first kappa shape index (κ1) is 39.6. The molecule has 6 aromatic carbocycles. The SMILES string of the molecule is CC1(C)O[C@H]([C@H](O)COc2ccc(Cc3ccc(OCc4ccccc4)cc3)cc2)[C@@H]([C@H](O)COc2ccc(Cc3ccc(OCc4ccccc4)cc3)cc2)O1. The second-order valence-corrected chi connectivity index (χ2v) is 14.8. The third-order valence-electron chi connectivity index (χ3n) is 9.77. The van der Waals surface area contributed by atoms with Crippen LogP contribution < -0.4 is 18.9 Å². The number of aliphatic hydroxyl groups is 2. The van der Waals surface area contributed by atoms with Crippen molar-refractivity contribution in [2.75, 3.05) is 13.2 Å². The van der Waals surface area contributed by atoms with Crippen molar-refractivity contribution in [1.82, 2.24) is 0 Å². The summed E-state index contributed by atoms with van der Waals surface area (Å²) >= 11 is 0. The van der Waals surface area contributed by atoms with Crippen molar-refractivity contribution in [3.05, 3.63) is 191 Å². The van der Waals surface area contributed by atoms with Gasteiger partial charge in [-0.3, -0.25) is 0 Å². The molecular weight excluding hydrogens is 717 g/mol. The number of hydrogen-bond donors (Lipinski definition) is 2. The second kappa shape index (κ2) is 19.0. The van der Waals surface area contributed by atoms with E-state index in [4.69, 9.17) is 28.4 Å². The molecule has 2 N–H and O–H groups in total. The normalized spacial score (nSPS) is 17.1. The van der Waals surface area contributed by atoms with Gasteiger partial charge in [-0.1, -0.05) is 109 Å². The Labute approximate surface area is 335 Å². The Hall–Kier alpha value is -5.64. The summed E-state index contributed by atoms with van der Waals surface area (Å²) in [7, 11) is 0. The second-order valence-electron chi connectivity index (χ2n) is 14.8. The predicted octanol–water partition coefficient (Wildman–Crippen LogP) is 8.73. The van der Waals surface area contributed by atoms with Gasteiger partial charge in [-0.25, -0.2) is 0 Å². The first-order valence-electron chi connectivity index (χ1n) is 19.4. The molecule has 0 saturated carbocycles.